The first-order valence-corrected chi connectivity index (χ1v) is 8.70. The lowest BCUT2D eigenvalue weighted by Crippen LogP contribution is -2.49. The van der Waals surface area contributed by atoms with Gasteiger partial charge in [0.1, 0.15) is 5.69 Å². The fourth-order valence-electron chi connectivity index (χ4n) is 3.43. The Labute approximate surface area is 151 Å². The molecule has 26 heavy (non-hydrogen) atoms. The van der Waals surface area contributed by atoms with Gasteiger partial charge in [-0.2, -0.15) is 15.4 Å². The van der Waals surface area contributed by atoms with E-state index in [1.54, 1.807) is 0 Å². The molecule has 0 unspecified atom stereocenters. The molecule has 132 valence electrons. The van der Waals surface area contributed by atoms with Gasteiger partial charge in [0, 0.05) is 18.8 Å². The Morgan fingerprint density at radius 1 is 0.962 bits per heavy atom. The van der Waals surface area contributed by atoms with Crippen LogP contribution in [0.15, 0.2) is 60.7 Å². The molecule has 0 saturated carbocycles. The van der Waals surface area contributed by atoms with Crippen LogP contribution in [0.5, 0.6) is 0 Å². The van der Waals surface area contributed by atoms with Gasteiger partial charge in [0.25, 0.3) is 5.91 Å². The van der Waals surface area contributed by atoms with E-state index in [0.717, 1.165) is 24.0 Å². The van der Waals surface area contributed by atoms with E-state index in [0.29, 0.717) is 24.6 Å². The summed E-state index contributed by atoms with van der Waals surface area (Å²) in [5.74, 6) is -0.233. The maximum absolute atomic E-state index is 13.1. The summed E-state index contributed by atoms with van der Waals surface area (Å²) in [4.78, 5) is 13.1. The highest BCUT2D eigenvalue weighted by atomic mass is 16.5. The van der Waals surface area contributed by atoms with E-state index in [-0.39, 0.29) is 5.91 Å². The number of carbonyl (C=O) groups is 1. The van der Waals surface area contributed by atoms with Crippen LogP contribution in [0.4, 0.5) is 0 Å². The summed E-state index contributed by atoms with van der Waals surface area (Å²) in [6.45, 7) is 1.22. The van der Waals surface area contributed by atoms with Crippen molar-refractivity contribution >= 4 is 5.91 Å². The number of hydrogen-bond acceptors (Lipinski definition) is 4. The van der Waals surface area contributed by atoms with Crippen LogP contribution in [0.25, 0.3) is 11.3 Å². The molecule has 6 heteroatoms. The minimum absolute atomic E-state index is 0.233. The predicted octanol–water partition coefficient (Wildman–Crippen LogP) is 2.91. The van der Waals surface area contributed by atoms with Gasteiger partial charge in [-0.05, 0) is 18.4 Å². The Balaban J connectivity index is 1.66. The van der Waals surface area contributed by atoms with Crippen molar-refractivity contribution in [3.05, 3.63) is 71.9 Å². The smallest absolute Gasteiger partial charge is 0.274 e. The molecule has 0 radical (unpaired) electrons. The van der Waals surface area contributed by atoms with Crippen molar-refractivity contribution in [2.45, 2.75) is 18.4 Å². The van der Waals surface area contributed by atoms with E-state index in [4.69, 9.17) is 4.74 Å². The number of H-pyrrole nitrogens is 1. The average molecular weight is 348 g/mol. The third kappa shape index (κ3) is 3.11. The number of aromatic amines is 1. The summed E-state index contributed by atoms with van der Waals surface area (Å²) in [6.07, 6.45) is 1.45. The molecule has 2 aromatic carbocycles. The maximum Gasteiger partial charge on any atom is 0.274 e. The molecular formula is C20H20N4O2. The van der Waals surface area contributed by atoms with Crippen LogP contribution >= 0.6 is 0 Å². The predicted molar refractivity (Wildman–Crippen MR) is 97.5 cm³/mol. The summed E-state index contributed by atoms with van der Waals surface area (Å²) in [5.41, 5.74) is 2.34. The monoisotopic (exact) mass is 348 g/mol. The molecule has 0 aliphatic carbocycles. The van der Waals surface area contributed by atoms with Crippen molar-refractivity contribution in [3.63, 3.8) is 0 Å². The van der Waals surface area contributed by atoms with Crippen LogP contribution in [-0.4, -0.2) is 34.5 Å². The number of aromatic nitrogens is 3. The molecule has 1 fully saturated rings. The fourth-order valence-corrected chi connectivity index (χ4v) is 3.43. The van der Waals surface area contributed by atoms with Gasteiger partial charge in [0.15, 0.2) is 5.69 Å². The normalized spacial score (nSPS) is 16.2. The largest absolute Gasteiger partial charge is 0.381 e. The van der Waals surface area contributed by atoms with Crippen LogP contribution in [0, 0.1) is 0 Å². The van der Waals surface area contributed by atoms with Crippen LogP contribution in [0.1, 0.15) is 28.9 Å². The number of carbonyl (C=O) groups excluding carboxylic acids is 1. The van der Waals surface area contributed by atoms with E-state index < -0.39 is 5.54 Å². The molecule has 1 amide bonds. The third-order valence-electron chi connectivity index (χ3n) is 4.84. The number of hydrogen-bond donors (Lipinski definition) is 2. The summed E-state index contributed by atoms with van der Waals surface area (Å²) in [5, 5.41) is 14.1. The second-order valence-corrected chi connectivity index (χ2v) is 6.40. The van der Waals surface area contributed by atoms with E-state index in [2.05, 4.69) is 20.7 Å². The first-order valence-electron chi connectivity index (χ1n) is 8.70. The Morgan fingerprint density at radius 3 is 2.31 bits per heavy atom. The lowest BCUT2D eigenvalue weighted by Gasteiger charge is -2.38. The standard InChI is InChI=1S/C20H20N4O2/c25-19(18-17(22-24-23-18)15-7-3-1-4-8-15)21-20(11-13-26-14-12-20)16-9-5-2-6-10-16/h1-10H,11-14H2,(H,21,25)(H,22,23,24). The number of ether oxygens (including phenoxy) is 1. The summed E-state index contributed by atoms with van der Waals surface area (Å²) < 4.78 is 5.53. The summed E-state index contributed by atoms with van der Waals surface area (Å²) in [7, 11) is 0. The van der Waals surface area contributed by atoms with Gasteiger partial charge < -0.3 is 10.1 Å². The molecule has 1 aliphatic rings. The maximum atomic E-state index is 13.1. The van der Waals surface area contributed by atoms with Gasteiger partial charge in [0.05, 0.1) is 5.54 Å². The number of nitrogens with one attached hydrogen (secondary N) is 2. The molecule has 2 heterocycles. The van der Waals surface area contributed by atoms with Gasteiger partial charge in [-0.25, -0.2) is 0 Å². The molecule has 6 nitrogen and oxygen atoms in total. The molecule has 0 atom stereocenters. The Kier molecular flexibility index (Phi) is 4.50. The van der Waals surface area contributed by atoms with Crippen LogP contribution < -0.4 is 5.32 Å². The van der Waals surface area contributed by atoms with Crippen molar-refractivity contribution in [3.8, 4) is 11.3 Å². The molecule has 0 spiro atoms. The van der Waals surface area contributed by atoms with Gasteiger partial charge in [-0.1, -0.05) is 60.7 Å². The molecule has 1 saturated heterocycles. The lowest BCUT2D eigenvalue weighted by molar-refractivity contribution is 0.0344. The Bertz CT molecular complexity index is 871. The van der Waals surface area contributed by atoms with Crippen LogP contribution in [0.2, 0.25) is 0 Å². The topological polar surface area (TPSA) is 79.9 Å². The highest BCUT2D eigenvalue weighted by molar-refractivity contribution is 5.98. The quantitative estimate of drug-likeness (QED) is 0.760. The zero-order valence-corrected chi connectivity index (χ0v) is 14.3. The highest BCUT2D eigenvalue weighted by Crippen LogP contribution is 2.32. The van der Waals surface area contributed by atoms with E-state index in [1.807, 2.05) is 60.7 Å². The van der Waals surface area contributed by atoms with Crippen LogP contribution in [-0.2, 0) is 10.3 Å². The van der Waals surface area contributed by atoms with E-state index in [9.17, 15) is 4.79 Å². The minimum Gasteiger partial charge on any atom is -0.381 e. The van der Waals surface area contributed by atoms with E-state index >= 15 is 0 Å². The van der Waals surface area contributed by atoms with Crippen molar-refractivity contribution in [2.24, 2.45) is 0 Å². The first-order chi connectivity index (χ1) is 12.8. The Hall–Kier alpha value is -2.99. The van der Waals surface area contributed by atoms with Gasteiger partial charge >= 0.3 is 0 Å². The van der Waals surface area contributed by atoms with Crippen molar-refractivity contribution in [1.29, 1.82) is 0 Å². The van der Waals surface area contributed by atoms with E-state index in [1.165, 1.54) is 0 Å². The molecule has 1 aromatic heterocycles. The number of amides is 1. The number of rotatable bonds is 4. The summed E-state index contributed by atoms with van der Waals surface area (Å²) in [6, 6.07) is 19.6. The van der Waals surface area contributed by atoms with Gasteiger partial charge in [0.2, 0.25) is 0 Å². The number of nitrogens with zero attached hydrogens (tertiary/aromatic N) is 2. The first kappa shape index (κ1) is 16.5. The zero-order chi connectivity index (χ0) is 17.8. The third-order valence-corrected chi connectivity index (χ3v) is 4.84. The zero-order valence-electron chi connectivity index (χ0n) is 14.3. The second kappa shape index (κ2) is 7.09. The molecule has 3 aromatic rings. The molecule has 0 bridgehead atoms. The Morgan fingerprint density at radius 2 is 1.62 bits per heavy atom. The number of benzene rings is 2. The molecule has 2 N–H and O–H groups in total. The molecular weight excluding hydrogens is 328 g/mol. The van der Waals surface area contributed by atoms with Crippen molar-refractivity contribution in [2.75, 3.05) is 13.2 Å². The van der Waals surface area contributed by atoms with Crippen LogP contribution in [0.3, 0.4) is 0 Å². The highest BCUT2D eigenvalue weighted by Gasteiger charge is 2.37. The molecule has 1 aliphatic heterocycles. The molecule has 4 rings (SSSR count). The van der Waals surface area contributed by atoms with Gasteiger partial charge in [-0.15, -0.1) is 0 Å². The summed E-state index contributed by atoms with van der Waals surface area (Å²) >= 11 is 0. The van der Waals surface area contributed by atoms with Crippen molar-refractivity contribution < 1.29 is 9.53 Å². The second-order valence-electron chi connectivity index (χ2n) is 6.40. The fraction of sp³-hybridized carbons (Fsp3) is 0.250. The lowest BCUT2D eigenvalue weighted by atomic mass is 9.82. The minimum atomic E-state index is -0.455. The van der Waals surface area contributed by atoms with Gasteiger partial charge in [-0.3, -0.25) is 4.79 Å². The average Bonchev–Trinajstić information content (AvgIpc) is 3.20. The van der Waals surface area contributed by atoms with Crippen molar-refractivity contribution in [1.82, 2.24) is 20.7 Å². The SMILES string of the molecule is O=C(NC1(c2ccccc2)CCOCC1)c1n[nH]nc1-c1ccccc1.